The van der Waals surface area contributed by atoms with Gasteiger partial charge in [-0.25, -0.2) is 4.79 Å². The molecule has 0 aliphatic heterocycles. The third-order valence-electron chi connectivity index (χ3n) is 1.68. The molecule has 2 N–H and O–H groups in total. The van der Waals surface area contributed by atoms with E-state index in [1.807, 2.05) is 30.3 Å². The second-order valence-corrected chi connectivity index (χ2v) is 2.93. The maximum absolute atomic E-state index is 10.5. The normalized spacial score (nSPS) is 11.1. The Morgan fingerprint density at radius 2 is 2.13 bits per heavy atom. The van der Waals surface area contributed by atoms with Crippen LogP contribution < -0.4 is 5.32 Å². The van der Waals surface area contributed by atoms with Crippen LogP contribution in [0.1, 0.15) is 0 Å². The predicted molar refractivity (Wildman–Crippen MR) is 57.7 cm³/mol. The van der Waals surface area contributed by atoms with Crippen LogP contribution in [0.5, 0.6) is 0 Å². The van der Waals surface area contributed by atoms with Gasteiger partial charge in [0.25, 0.3) is 0 Å². The van der Waals surface area contributed by atoms with Crippen molar-refractivity contribution in [3.63, 3.8) is 0 Å². The van der Waals surface area contributed by atoms with Crippen LogP contribution in [0.4, 0.5) is 5.69 Å². The Morgan fingerprint density at radius 3 is 2.67 bits per heavy atom. The molecule has 0 heterocycles. The van der Waals surface area contributed by atoms with Crippen LogP contribution in [0.2, 0.25) is 0 Å². The molecule has 1 aromatic carbocycles. The van der Waals surface area contributed by atoms with Crippen LogP contribution in [0.3, 0.4) is 0 Å². The summed E-state index contributed by atoms with van der Waals surface area (Å²) in [5.41, 5.74) is 1.35. The molecular weight excluding hydrogens is 194 g/mol. The van der Waals surface area contributed by atoms with E-state index in [4.69, 9.17) is 9.84 Å². The van der Waals surface area contributed by atoms with Crippen LogP contribution in [0.15, 0.2) is 42.1 Å². The number of para-hydroxylation sites is 1. The number of benzene rings is 1. The molecule has 4 heteroatoms. The lowest BCUT2D eigenvalue weighted by Crippen LogP contribution is -2.08. The monoisotopic (exact) mass is 207 g/mol. The molecule has 0 unspecified atom stereocenters. The smallest absolute Gasteiger partial charge is 0.330 e. The molecule has 0 atom stereocenters. The molecule has 0 aliphatic rings. The fourth-order valence-corrected chi connectivity index (χ4v) is 1.13. The zero-order valence-electron chi connectivity index (χ0n) is 8.43. The number of aliphatic carboxylic acids is 1. The van der Waals surface area contributed by atoms with E-state index in [2.05, 4.69) is 5.32 Å². The lowest BCUT2D eigenvalue weighted by molar-refractivity contribution is -0.131. The van der Waals surface area contributed by atoms with Gasteiger partial charge in [0.05, 0.1) is 6.61 Å². The van der Waals surface area contributed by atoms with E-state index in [9.17, 15) is 4.79 Å². The Bertz CT molecular complexity index is 346. The number of carboxylic acid groups (broad SMARTS) is 1. The maximum Gasteiger partial charge on any atom is 0.330 e. The van der Waals surface area contributed by atoms with Crippen LogP contribution in [-0.4, -0.2) is 24.8 Å². The number of methoxy groups -OCH3 is 1. The summed E-state index contributed by atoms with van der Waals surface area (Å²) >= 11 is 0. The first-order valence-electron chi connectivity index (χ1n) is 4.47. The van der Waals surface area contributed by atoms with Crippen molar-refractivity contribution in [1.29, 1.82) is 0 Å². The summed E-state index contributed by atoms with van der Waals surface area (Å²) < 4.78 is 4.88. The van der Waals surface area contributed by atoms with Crippen molar-refractivity contribution < 1.29 is 14.6 Å². The number of hydrogen-bond acceptors (Lipinski definition) is 3. The van der Waals surface area contributed by atoms with E-state index >= 15 is 0 Å². The minimum absolute atomic E-state index is 0.237. The number of hydrogen-bond donors (Lipinski definition) is 2. The topological polar surface area (TPSA) is 58.6 Å². The van der Waals surface area contributed by atoms with Crippen LogP contribution in [0, 0.1) is 0 Å². The molecule has 0 fully saturated rings. The summed E-state index contributed by atoms with van der Waals surface area (Å²) in [5.74, 6) is -0.995. The second-order valence-electron chi connectivity index (χ2n) is 2.93. The zero-order chi connectivity index (χ0) is 11.1. The molecule has 80 valence electrons. The van der Waals surface area contributed by atoms with Gasteiger partial charge < -0.3 is 15.2 Å². The van der Waals surface area contributed by atoms with Gasteiger partial charge in [0.1, 0.15) is 0 Å². The first-order chi connectivity index (χ1) is 7.22. The molecule has 0 aliphatic carbocycles. The summed E-state index contributed by atoms with van der Waals surface area (Å²) in [6.07, 6.45) is 1.09. The predicted octanol–water partition coefficient (Wildman–Crippen LogP) is 1.71. The number of rotatable bonds is 5. The molecule has 0 amide bonds. The molecule has 0 spiro atoms. The summed E-state index contributed by atoms with van der Waals surface area (Å²) in [6, 6.07) is 9.33. The van der Waals surface area contributed by atoms with Crippen LogP contribution in [0.25, 0.3) is 0 Å². The fraction of sp³-hybridized carbons (Fsp3) is 0.182. The van der Waals surface area contributed by atoms with E-state index in [1.54, 1.807) is 0 Å². The SMILES string of the molecule is COC/C(=C/C(=O)O)Nc1ccccc1. The first kappa shape index (κ1) is 11.3. The third kappa shape index (κ3) is 4.28. The zero-order valence-corrected chi connectivity index (χ0v) is 8.43. The Labute approximate surface area is 88.2 Å². The maximum atomic E-state index is 10.5. The van der Waals surface area contributed by atoms with Gasteiger partial charge in [-0.05, 0) is 12.1 Å². The molecule has 0 radical (unpaired) electrons. The molecule has 4 nitrogen and oxygen atoms in total. The lowest BCUT2D eigenvalue weighted by atomic mass is 10.3. The van der Waals surface area contributed by atoms with Crippen LogP contribution in [-0.2, 0) is 9.53 Å². The van der Waals surface area contributed by atoms with Gasteiger partial charge in [0.15, 0.2) is 0 Å². The summed E-state index contributed by atoms with van der Waals surface area (Å²) in [5, 5.41) is 11.6. The molecule has 0 saturated heterocycles. The molecule has 0 aromatic heterocycles. The van der Waals surface area contributed by atoms with Crippen molar-refractivity contribution in [3.8, 4) is 0 Å². The highest BCUT2D eigenvalue weighted by atomic mass is 16.5. The Morgan fingerprint density at radius 1 is 1.47 bits per heavy atom. The van der Waals surface area contributed by atoms with E-state index < -0.39 is 5.97 Å². The van der Waals surface area contributed by atoms with Crippen LogP contribution >= 0.6 is 0 Å². The largest absolute Gasteiger partial charge is 0.478 e. The number of ether oxygens (including phenoxy) is 1. The average molecular weight is 207 g/mol. The van der Waals surface area contributed by atoms with E-state index in [1.165, 1.54) is 7.11 Å². The van der Waals surface area contributed by atoms with Gasteiger partial charge in [0, 0.05) is 24.6 Å². The van der Waals surface area contributed by atoms with Crippen molar-refractivity contribution in [2.45, 2.75) is 0 Å². The number of carboxylic acids is 1. The highest BCUT2D eigenvalue weighted by Crippen LogP contribution is 2.08. The first-order valence-corrected chi connectivity index (χ1v) is 4.47. The second kappa shape index (κ2) is 5.82. The fourth-order valence-electron chi connectivity index (χ4n) is 1.13. The summed E-state index contributed by atoms with van der Waals surface area (Å²) in [4.78, 5) is 10.5. The third-order valence-corrected chi connectivity index (χ3v) is 1.68. The lowest BCUT2D eigenvalue weighted by Gasteiger charge is -2.08. The number of nitrogens with one attached hydrogen (secondary N) is 1. The standard InChI is InChI=1S/C11H13NO3/c1-15-8-10(7-11(13)14)12-9-5-3-2-4-6-9/h2-7,12H,8H2,1H3,(H,13,14)/b10-7-. The molecular formula is C11H13NO3. The van der Waals surface area contributed by atoms with E-state index in [0.717, 1.165) is 11.8 Å². The van der Waals surface area contributed by atoms with Gasteiger partial charge in [-0.15, -0.1) is 0 Å². The Balaban J connectivity index is 2.71. The van der Waals surface area contributed by atoms with Gasteiger partial charge in [-0.3, -0.25) is 0 Å². The minimum Gasteiger partial charge on any atom is -0.478 e. The summed E-state index contributed by atoms with van der Waals surface area (Å²) in [6.45, 7) is 0.237. The molecule has 1 aromatic rings. The molecule has 0 saturated carbocycles. The molecule has 0 bridgehead atoms. The highest BCUT2D eigenvalue weighted by Gasteiger charge is 2.00. The van der Waals surface area contributed by atoms with Gasteiger partial charge in [0.2, 0.25) is 0 Å². The van der Waals surface area contributed by atoms with E-state index in [0.29, 0.717) is 5.70 Å². The highest BCUT2D eigenvalue weighted by molar-refractivity contribution is 5.81. The van der Waals surface area contributed by atoms with E-state index in [-0.39, 0.29) is 6.61 Å². The molecule has 1 rings (SSSR count). The van der Waals surface area contributed by atoms with Gasteiger partial charge in [-0.1, -0.05) is 18.2 Å². The van der Waals surface area contributed by atoms with Crippen molar-refractivity contribution in [1.82, 2.24) is 0 Å². The van der Waals surface area contributed by atoms with Gasteiger partial charge in [-0.2, -0.15) is 0 Å². The number of anilines is 1. The quantitative estimate of drug-likeness (QED) is 0.722. The number of carbonyl (C=O) groups is 1. The van der Waals surface area contributed by atoms with Gasteiger partial charge >= 0.3 is 5.97 Å². The van der Waals surface area contributed by atoms with Crippen molar-refractivity contribution in [2.75, 3.05) is 19.0 Å². The Hall–Kier alpha value is -1.81. The average Bonchev–Trinajstić information content (AvgIpc) is 2.18. The summed E-state index contributed by atoms with van der Waals surface area (Å²) in [7, 11) is 1.52. The van der Waals surface area contributed by atoms with Crippen molar-refractivity contribution in [2.24, 2.45) is 0 Å². The molecule has 15 heavy (non-hydrogen) atoms. The Kier molecular flexibility index (Phi) is 4.37. The van der Waals surface area contributed by atoms with Crippen molar-refractivity contribution >= 4 is 11.7 Å². The van der Waals surface area contributed by atoms with Crippen molar-refractivity contribution in [3.05, 3.63) is 42.1 Å². The minimum atomic E-state index is -0.995.